The Morgan fingerprint density at radius 1 is 1.15 bits per heavy atom. The van der Waals surface area contributed by atoms with Crippen molar-refractivity contribution in [1.29, 1.82) is 0 Å². The average Bonchev–Trinajstić information content (AvgIpc) is 3.12. The van der Waals surface area contributed by atoms with Gasteiger partial charge in [-0.1, -0.05) is 13.8 Å². The zero-order valence-electron chi connectivity index (χ0n) is 15.1. The van der Waals surface area contributed by atoms with Crippen LogP contribution in [0.5, 0.6) is 5.75 Å². The molecule has 0 aliphatic rings. The zero-order chi connectivity index (χ0) is 19.2. The van der Waals surface area contributed by atoms with E-state index >= 15 is 0 Å². The molecule has 8 heteroatoms. The lowest BCUT2D eigenvalue weighted by Gasteiger charge is -2.16. The third-order valence-corrected chi connectivity index (χ3v) is 4.93. The summed E-state index contributed by atoms with van der Waals surface area (Å²) in [6.07, 6.45) is 0.808. The quantitative estimate of drug-likeness (QED) is 0.696. The molecule has 0 saturated heterocycles. The van der Waals surface area contributed by atoms with Crippen molar-refractivity contribution in [1.82, 2.24) is 10.0 Å². The highest BCUT2D eigenvalue weighted by molar-refractivity contribution is 7.89. The Bertz CT molecular complexity index is 799. The van der Waals surface area contributed by atoms with Gasteiger partial charge in [0.1, 0.15) is 11.5 Å². The molecule has 0 unspecified atom stereocenters. The summed E-state index contributed by atoms with van der Waals surface area (Å²) in [5, 5.41) is 2.79. The molecular formula is C18H24N2O5S. The lowest BCUT2D eigenvalue weighted by atomic mass is 10.2. The molecule has 2 aromatic rings. The summed E-state index contributed by atoms with van der Waals surface area (Å²) >= 11 is 0. The van der Waals surface area contributed by atoms with E-state index in [9.17, 15) is 13.2 Å². The van der Waals surface area contributed by atoms with Gasteiger partial charge in [-0.2, -0.15) is 0 Å². The summed E-state index contributed by atoms with van der Waals surface area (Å²) in [5.41, 5.74) is 0. The highest BCUT2D eigenvalue weighted by atomic mass is 32.2. The Balaban J connectivity index is 1.93. The van der Waals surface area contributed by atoms with E-state index in [1.807, 2.05) is 13.8 Å². The standard InChI is InChI=1S/C18H24N2O5S/c1-13(2)11-19-18(21)14(3)25-15-6-8-17(9-7-15)26(22,23)20-12-16-5-4-10-24-16/h4-10,13-14,20H,11-12H2,1-3H3,(H,19,21)/t14-/m1/s1. The van der Waals surface area contributed by atoms with E-state index in [1.165, 1.54) is 30.5 Å². The molecule has 0 aliphatic carbocycles. The number of ether oxygens (including phenoxy) is 1. The van der Waals surface area contributed by atoms with Crippen molar-refractivity contribution in [2.24, 2.45) is 5.92 Å². The van der Waals surface area contributed by atoms with Gasteiger partial charge in [0, 0.05) is 6.54 Å². The fraction of sp³-hybridized carbons (Fsp3) is 0.389. The van der Waals surface area contributed by atoms with Gasteiger partial charge in [0.2, 0.25) is 10.0 Å². The van der Waals surface area contributed by atoms with E-state index in [0.29, 0.717) is 24.0 Å². The van der Waals surface area contributed by atoms with Crippen LogP contribution in [0.25, 0.3) is 0 Å². The maximum Gasteiger partial charge on any atom is 0.260 e. The Morgan fingerprint density at radius 3 is 2.42 bits per heavy atom. The first-order valence-electron chi connectivity index (χ1n) is 8.34. The number of sulfonamides is 1. The van der Waals surface area contributed by atoms with Gasteiger partial charge in [-0.15, -0.1) is 0 Å². The van der Waals surface area contributed by atoms with Gasteiger partial charge in [0.05, 0.1) is 17.7 Å². The van der Waals surface area contributed by atoms with Crippen LogP contribution in [0.3, 0.4) is 0 Å². The summed E-state index contributed by atoms with van der Waals surface area (Å²) in [7, 11) is -3.66. The van der Waals surface area contributed by atoms with Crippen LogP contribution < -0.4 is 14.8 Å². The molecule has 1 heterocycles. The lowest BCUT2D eigenvalue weighted by molar-refractivity contribution is -0.127. The van der Waals surface area contributed by atoms with Crippen molar-refractivity contribution in [3.05, 3.63) is 48.4 Å². The van der Waals surface area contributed by atoms with Crippen LogP contribution in [0.15, 0.2) is 52.0 Å². The van der Waals surface area contributed by atoms with Gasteiger partial charge in [-0.3, -0.25) is 4.79 Å². The average molecular weight is 380 g/mol. The highest BCUT2D eigenvalue weighted by Gasteiger charge is 2.17. The zero-order valence-corrected chi connectivity index (χ0v) is 15.9. The summed E-state index contributed by atoms with van der Waals surface area (Å²) < 4.78 is 37.6. The first-order chi connectivity index (χ1) is 12.3. The Labute approximate surface area is 153 Å². The Morgan fingerprint density at radius 2 is 1.85 bits per heavy atom. The predicted octanol–water partition coefficient (Wildman–Crippen LogP) is 2.30. The molecule has 26 heavy (non-hydrogen) atoms. The predicted molar refractivity (Wildman–Crippen MR) is 97.1 cm³/mol. The van der Waals surface area contributed by atoms with Gasteiger partial charge >= 0.3 is 0 Å². The first kappa shape index (κ1) is 20.0. The molecule has 2 rings (SSSR count). The first-order valence-corrected chi connectivity index (χ1v) is 9.82. The Kier molecular flexibility index (Phi) is 6.82. The van der Waals surface area contributed by atoms with Gasteiger partial charge in [-0.05, 0) is 49.2 Å². The van der Waals surface area contributed by atoms with Crippen molar-refractivity contribution in [2.45, 2.75) is 38.3 Å². The number of carbonyl (C=O) groups is 1. The molecule has 1 amide bonds. The smallest absolute Gasteiger partial charge is 0.260 e. The summed E-state index contributed by atoms with van der Waals surface area (Å²) in [6.45, 7) is 6.30. The normalized spacial score (nSPS) is 12.8. The summed E-state index contributed by atoms with van der Waals surface area (Å²) in [5.74, 6) is 1.08. The maximum atomic E-state index is 12.3. The van der Waals surface area contributed by atoms with Crippen LogP contribution >= 0.6 is 0 Å². The van der Waals surface area contributed by atoms with Crippen molar-refractivity contribution in [3.8, 4) is 5.75 Å². The Hall–Kier alpha value is -2.32. The van der Waals surface area contributed by atoms with Crippen LogP contribution in [0.2, 0.25) is 0 Å². The van der Waals surface area contributed by atoms with E-state index in [4.69, 9.17) is 9.15 Å². The molecule has 1 atom stereocenters. The fourth-order valence-electron chi connectivity index (χ4n) is 2.07. The second-order valence-electron chi connectivity index (χ2n) is 6.27. The van der Waals surface area contributed by atoms with Crippen LogP contribution in [0.1, 0.15) is 26.5 Å². The third kappa shape index (κ3) is 5.89. The molecule has 7 nitrogen and oxygen atoms in total. The molecule has 142 valence electrons. The molecule has 0 fully saturated rings. The molecule has 2 N–H and O–H groups in total. The molecule has 1 aromatic carbocycles. The minimum Gasteiger partial charge on any atom is -0.481 e. The molecular weight excluding hydrogens is 356 g/mol. The van der Waals surface area contributed by atoms with Gasteiger partial charge in [0.15, 0.2) is 6.10 Å². The molecule has 0 aliphatic heterocycles. The summed E-state index contributed by atoms with van der Waals surface area (Å²) in [4.78, 5) is 12.0. The van der Waals surface area contributed by atoms with E-state index in [0.717, 1.165) is 0 Å². The monoisotopic (exact) mass is 380 g/mol. The van der Waals surface area contributed by atoms with Crippen LogP contribution in [0.4, 0.5) is 0 Å². The van der Waals surface area contributed by atoms with E-state index in [2.05, 4.69) is 10.0 Å². The minimum atomic E-state index is -3.66. The minimum absolute atomic E-state index is 0.0701. The number of nitrogens with one attached hydrogen (secondary N) is 2. The number of carbonyl (C=O) groups excluding carboxylic acids is 1. The number of hydrogen-bond acceptors (Lipinski definition) is 5. The fourth-order valence-corrected chi connectivity index (χ4v) is 3.06. The molecule has 0 bridgehead atoms. The number of amides is 1. The highest BCUT2D eigenvalue weighted by Crippen LogP contribution is 2.17. The molecule has 0 saturated carbocycles. The molecule has 0 spiro atoms. The summed E-state index contributed by atoms with van der Waals surface area (Å²) in [6, 6.07) is 9.28. The lowest BCUT2D eigenvalue weighted by Crippen LogP contribution is -2.38. The second kappa shape index (κ2) is 8.86. The number of rotatable bonds is 9. The van der Waals surface area contributed by atoms with Gasteiger partial charge in [0.25, 0.3) is 5.91 Å². The van der Waals surface area contributed by atoms with Gasteiger partial charge in [-0.25, -0.2) is 13.1 Å². The largest absolute Gasteiger partial charge is 0.481 e. The van der Waals surface area contributed by atoms with Crippen molar-refractivity contribution in [3.63, 3.8) is 0 Å². The van der Waals surface area contributed by atoms with Crippen molar-refractivity contribution in [2.75, 3.05) is 6.54 Å². The maximum absolute atomic E-state index is 12.3. The second-order valence-corrected chi connectivity index (χ2v) is 8.04. The number of hydrogen-bond donors (Lipinski definition) is 2. The van der Waals surface area contributed by atoms with E-state index in [-0.39, 0.29) is 17.3 Å². The van der Waals surface area contributed by atoms with Crippen molar-refractivity contribution < 1.29 is 22.4 Å². The topological polar surface area (TPSA) is 97.6 Å². The van der Waals surface area contributed by atoms with E-state index in [1.54, 1.807) is 19.1 Å². The van der Waals surface area contributed by atoms with Crippen molar-refractivity contribution >= 4 is 15.9 Å². The number of benzene rings is 1. The van der Waals surface area contributed by atoms with Gasteiger partial charge < -0.3 is 14.5 Å². The number of furan rings is 1. The molecule has 1 aromatic heterocycles. The van der Waals surface area contributed by atoms with E-state index < -0.39 is 16.1 Å². The SMILES string of the molecule is CC(C)CNC(=O)[C@@H](C)Oc1ccc(S(=O)(=O)NCc2ccco2)cc1. The van der Waals surface area contributed by atoms with Crippen LogP contribution in [-0.4, -0.2) is 27.0 Å². The van der Waals surface area contributed by atoms with Crippen LogP contribution in [0, 0.1) is 5.92 Å². The van der Waals surface area contributed by atoms with Crippen LogP contribution in [-0.2, 0) is 21.4 Å². The molecule has 0 radical (unpaired) electrons. The third-order valence-electron chi connectivity index (χ3n) is 3.52.